The van der Waals surface area contributed by atoms with Gasteiger partial charge >= 0.3 is 0 Å². The minimum Gasteiger partial charge on any atom is -0.496 e. The van der Waals surface area contributed by atoms with E-state index in [1.807, 2.05) is 36.4 Å². The molecule has 2 aromatic heterocycles. The first-order chi connectivity index (χ1) is 14.2. The van der Waals surface area contributed by atoms with Crippen LogP contribution in [0.25, 0.3) is 11.3 Å². The number of anilines is 2. The minimum atomic E-state index is 0.000211. The Balaban J connectivity index is 1.37. The number of nitrogens with zero attached hydrogens (tertiary/aromatic N) is 4. The van der Waals surface area contributed by atoms with E-state index in [1.165, 1.54) is 0 Å². The average Bonchev–Trinajstić information content (AvgIpc) is 2.80. The third kappa shape index (κ3) is 4.34. The SMILES string of the molecule is COc1ccccc1-c1ccc(N2CCC(C(=O)Nc3ccncc3)CC2)nn1. The van der Waals surface area contributed by atoms with Crippen molar-refractivity contribution < 1.29 is 9.53 Å². The van der Waals surface area contributed by atoms with Crippen LogP contribution in [0.5, 0.6) is 5.75 Å². The topological polar surface area (TPSA) is 80.2 Å². The lowest BCUT2D eigenvalue weighted by atomic mass is 9.96. The molecule has 0 radical (unpaired) electrons. The van der Waals surface area contributed by atoms with Gasteiger partial charge in [0.15, 0.2) is 5.82 Å². The maximum Gasteiger partial charge on any atom is 0.227 e. The van der Waals surface area contributed by atoms with E-state index in [9.17, 15) is 4.79 Å². The monoisotopic (exact) mass is 389 g/mol. The molecule has 0 spiro atoms. The Morgan fingerprint density at radius 2 is 1.79 bits per heavy atom. The predicted octanol–water partition coefficient (Wildman–Crippen LogP) is 3.40. The molecular formula is C22H23N5O2. The van der Waals surface area contributed by atoms with Crippen molar-refractivity contribution in [2.45, 2.75) is 12.8 Å². The number of hydrogen-bond donors (Lipinski definition) is 1. The molecule has 29 heavy (non-hydrogen) atoms. The molecule has 1 fully saturated rings. The molecule has 0 atom stereocenters. The number of para-hydroxylation sites is 1. The van der Waals surface area contributed by atoms with Gasteiger partial charge in [-0.05, 0) is 49.2 Å². The zero-order valence-corrected chi connectivity index (χ0v) is 16.3. The van der Waals surface area contributed by atoms with Crippen LogP contribution in [0.4, 0.5) is 11.5 Å². The number of aromatic nitrogens is 3. The average molecular weight is 389 g/mol. The predicted molar refractivity (Wildman–Crippen MR) is 112 cm³/mol. The Labute approximate surface area is 169 Å². The molecule has 4 rings (SSSR count). The van der Waals surface area contributed by atoms with Crippen molar-refractivity contribution in [2.24, 2.45) is 5.92 Å². The molecule has 3 aromatic rings. The highest BCUT2D eigenvalue weighted by Gasteiger charge is 2.26. The maximum atomic E-state index is 12.5. The molecule has 148 valence electrons. The van der Waals surface area contributed by atoms with Crippen molar-refractivity contribution in [3.8, 4) is 17.0 Å². The van der Waals surface area contributed by atoms with Crippen molar-refractivity contribution in [1.82, 2.24) is 15.2 Å². The Kier molecular flexibility index (Phi) is 5.65. The van der Waals surface area contributed by atoms with Gasteiger partial charge in [0.25, 0.3) is 0 Å². The lowest BCUT2D eigenvalue weighted by Gasteiger charge is -2.31. The summed E-state index contributed by atoms with van der Waals surface area (Å²) in [4.78, 5) is 18.6. The number of rotatable bonds is 5. The molecule has 0 unspecified atom stereocenters. The van der Waals surface area contributed by atoms with Crippen LogP contribution in [0.15, 0.2) is 60.9 Å². The maximum absolute atomic E-state index is 12.5. The summed E-state index contributed by atoms with van der Waals surface area (Å²) in [5.41, 5.74) is 2.48. The number of ether oxygens (including phenoxy) is 1. The summed E-state index contributed by atoms with van der Waals surface area (Å²) in [6.07, 6.45) is 4.91. The molecule has 1 aliphatic rings. The zero-order chi connectivity index (χ0) is 20.1. The molecule has 1 aliphatic heterocycles. The third-order valence-corrected chi connectivity index (χ3v) is 5.17. The number of nitrogens with one attached hydrogen (secondary N) is 1. The fraction of sp³-hybridized carbons (Fsp3) is 0.273. The molecule has 1 saturated heterocycles. The van der Waals surface area contributed by atoms with Crippen LogP contribution < -0.4 is 15.0 Å². The first-order valence-corrected chi connectivity index (χ1v) is 9.67. The fourth-order valence-electron chi connectivity index (χ4n) is 3.54. The number of carbonyl (C=O) groups is 1. The quantitative estimate of drug-likeness (QED) is 0.720. The fourth-order valence-corrected chi connectivity index (χ4v) is 3.54. The highest BCUT2D eigenvalue weighted by molar-refractivity contribution is 5.92. The smallest absolute Gasteiger partial charge is 0.227 e. The zero-order valence-electron chi connectivity index (χ0n) is 16.3. The standard InChI is InChI=1S/C22H23N5O2/c1-29-20-5-3-2-4-18(20)19-6-7-21(26-25-19)27-14-10-16(11-15-27)22(28)24-17-8-12-23-13-9-17/h2-9,12-13,16H,10-11,14-15H2,1H3,(H,23,24,28). The Hall–Kier alpha value is -3.48. The van der Waals surface area contributed by atoms with Crippen molar-refractivity contribution in [3.05, 3.63) is 60.9 Å². The summed E-state index contributed by atoms with van der Waals surface area (Å²) in [5, 5.41) is 11.8. The normalized spacial score (nSPS) is 14.4. The van der Waals surface area contributed by atoms with Crippen LogP contribution >= 0.6 is 0 Å². The van der Waals surface area contributed by atoms with Gasteiger partial charge in [0, 0.05) is 42.7 Å². The van der Waals surface area contributed by atoms with Crippen LogP contribution in [-0.2, 0) is 4.79 Å². The van der Waals surface area contributed by atoms with E-state index >= 15 is 0 Å². The minimum absolute atomic E-state index is 0.000211. The van der Waals surface area contributed by atoms with E-state index in [2.05, 4.69) is 25.4 Å². The van der Waals surface area contributed by atoms with Crippen molar-refractivity contribution in [2.75, 3.05) is 30.4 Å². The van der Waals surface area contributed by atoms with Crippen LogP contribution in [0.3, 0.4) is 0 Å². The summed E-state index contributed by atoms with van der Waals surface area (Å²) >= 11 is 0. The first kappa shape index (κ1) is 18.9. The number of benzene rings is 1. The number of amides is 1. The van der Waals surface area contributed by atoms with Crippen LogP contribution in [0.2, 0.25) is 0 Å². The molecule has 1 N–H and O–H groups in total. The van der Waals surface area contributed by atoms with Gasteiger partial charge in [0.2, 0.25) is 5.91 Å². The van der Waals surface area contributed by atoms with Crippen molar-refractivity contribution >= 4 is 17.4 Å². The second-order valence-corrected chi connectivity index (χ2v) is 6.96. The van der Waals surface area contributed by atoms with Gasteiger partial charge in [-0.3, -0.25) is 9.78 Å². The number of piperidine rings is 1. The highest BCUT2D eigenvalue weighted by atomic mass is 16.5. The molecule has 7 heteroatoms. The largest absolute Gasteiger partial charge is 0.496 e. The second-order valence-electron chi connectivity index (χ2n) is 6.96. The number of hydrogen-bond acceptors (Lipinski definition) is 6. The van der Waals surface area contributed by atoms with Gasteiger partial charge in [0.05, 0.1) is 12.8 Å². The van der Waals surface area contributed by atoms with E-state index in [0.29, 0.717) is 0 Å². The van der Waals surface area contributed by atoms with Gasteiger partial charge in [-0.15, -0.1) is 10.2 Å². The Morgan fingerprint density at radius 1 is 1.03 bits per heavy atom. The van der Waals surface area contributed by atoms with E-state index in [0.717, 1.165) is 54.4 Å². The molecule has 0 bridgehead atoms. The number of carbonyl (C=O) groups excluding carboxylic acids is 1. The molecule has 3 heterocycles. The van der Waals surface area contributed by atoms with Crippen molar-refractivity contribution in [3.63, 3.8) is 0 Å². The van der Waals surface area contributed by atoms with E-state index in [-0.39, 0.29) is 11.8 Å². The lowest BCUT2D eigenvalue weighted by molar-refractivity contribution is -0.120. The molecular weight excluding hydrogens is 366 g/mol. The molecule has 0 aliphatic carbocycles. The summed E-state index contributed by atoms with van der Waals surface area (Å²) in [6.45, 7) is 1.55. The third-order valence-electron chi connectivity index (χ3n) is 5.17. The molecule has 1 amide bonds. The summed E-state index contributed by atoms with van der Waals surface area (Å²) in [5.74, 6) is 1.67. The highest BCUT2D eigenvalue weighted by Crippen LogP contribution is 2.29. The van der Waals surface area contributed by atoms with Crippen LogP contribution in [0.1, 0.15) is 12.8 Å². The van der Waals surface area contributed by atoms with Crippen LogP contribution in [0, 0.1) is 5.92 Å². The second kappa shape index (κ2) is 8.68. The lowest BCUT2D eigenvalue weighted by Crippen LogP contribution is -2.38. The molecule has 1 aromatic carbocycles. The molecule has 7 nitrogen and oxygen atoms in total. The Morgan fingerprint density at radius 3 is 2.48 bits per heavy atom. The Bertz CT molecular complexity index is 954. The van der Waals surface area contributed by atoms with E-state index in [4.69, 9.17) is 4.74 Å². The van der Waals surface area contributed by atoms with Gasteiger partial charge < -0.3 is 15.0 Å². The van der Waals surface area contributed by atoms with Gasteiger partial charge in [-0.2, -0.15) is 0 Å². The van der Waals surface area contributed by atoms with E-state index in [1.54, 1.807) is 31.6 Å². The van der Waals surface area contributed by atoms with Crippen molar-refractivity contribution in [1.29, 1.82) is 0 Å². The van der Waals surface area contributed by atoms with Gasteiger partial charge in [-0.1, -0.05) is 12.1 Å². The summed E-state index contributed by atoms with van der Waals surface area (Å²) < 4.78 is 5.40. The number of pyridine rings is 1. The summed E-state index contributed by atoms with van der Waals surface area (Å²) in [6, 6.07) is 15.3. The molecule has 0 saturated carbocycles. The number of methoxy groups -OCH3 is 1. The summed E-state index contributed by atoms with van der Waals surface area (Å²) in [7, 11) is 1.65. The van der Waals surface area contributed by atoms with Gasteiger partial charge in [0.1, 0.15) is 5.75 Å². The first-order valence-electron chi connectivity index (χ1n) is 9.67. The van der Waals surface area contributed by atoms with Crippen LogP contribution in [-0.4, -0.2) is 41.3 Å². The van der Waals surface area contributed by atoms with E-state index < -0.39 is 0 Å². The van der Waals surface area contributed by atoms with Gasteiger partial charge in [-0.25, -0.2) is 0 Å².